The number of nitrogens with one attached hydrogen (secondary N) is 2. The molecule has 0 spiro atoms. The molecule has 30 heavy (non-hydrogen) atoms. The van der Waals surface area contributed by atoms with Gasteiger partial charge in [-0.3, -0.25) is 4.79 Å². The van der Waals surface area contributed by atoms with Gasteiger partial charge < -0.3 is 15.5 Å². The van der Waals surface area contributed by atoms with Crippen LogP contribution in [0.2, 0.25) is 0 Å². The Hall–Kier alpha value is -2.48. The SMILES string of the molecule is CCc1cc(N(C)C)nc(NC2CCC(NC(=O)c3ccc(F)c(F)c3)CC2)n1.Cl. The number of aromatic nitrogens is 2. The quantitative estimate of drug-likeness (QED) is 0.713. The Morgan fingerprint density at radius 1 is 1.07 bits per heavy atom. The van der Waals surface area contributed by atoms with Crippen LogP contribution in [0.4, 0.5) is 20.5 Å². The number of amides is 1. The lowest BCUT2D eigenvalue weighted by molar-refractivity contribution is 0.0926. The number of nitrogens with zero attached hydrogens (tertiary/aromatic N) is 3. The summed E-state index contributed by atoms with van der Waals surface area (Å²) in [5.41, 5.74) is 1.11. The molecule has 9 heteroatoms. The lowest BCUT2D eigenvalue weighted by Crippen LogP contribution is -2.40. The molecule has 1 heterocycles. The summed E-state index contributed by atoms with van der Waals surface area (Å²) in [6.07, 6.45) is 4.14. The molecule has 3 rings (SSSR count). The van der Waals surface area contributed by atoms with Crippen LogP contribution in [0, 0.1) is 11.6 Å². The smallest absolute Gasteiger partial charge is 0.251 e. The Balaban J connectivity index is 0.00000320. The maximum Gasteiger partial charge on any atom is 0.251 e. The second kappa shape index (κ2) is 10.5. The van der Waals surface area contributed by atoms with Crippen molar-refractivity contribution >= 4 is 30.1 Å². The Kier molecular flexibility index (Phi) is 8.34. The van der Waals surface area contributed by atoms with Crippen molar-refractivity contribution in [3.63, 3.8) is 0 Å². The fourth-order valence-electron chi connectivity index (χ4n) is 3.43. The molecular weight excluding hydrogens is 412 g/mol. The van der Waals surface area contributed by atoms with Gasteiger partial charge in [0.1, 0.15) is 5.82 Å². The molecule has 1 aliphatic rings. The Labute approximate surface area is 181 Å². The van der Waals surface area contributed by atoms with Gasteiger partial charge in [0.15, 0.2) is 11.6 Å². The van der Waals surface area contributed by atoms with E-state index in [0.29, 0.717) is 5.95 Å². The average molecular weight is 440 g/mol. The minimum absolute atomic E-state index is 0. The number of rotatable bonds is 6. The zero-order valence-corrected chi connectivity index (χ0v) is 18.2. The van der Waals surface area contributed by atoms with Crippen molar-refractivity contribution in [2.75, 3.05) is 24.3 Å². The first kappa shape index (κ1) is 23.8. The van der Waals surface area contributed by atoms with Gasteiger partial charge in [0.2, 0.25) is 5.95 Å². The molecule has 1 amide bonds. The van der Waals surface area contributed by atoms with E-state index in [0.717, 1.165) is 55.7 Å². The van der Waals surface area contributed by atoms with Crippen LogP contribution in [0.3, 0.4) is 0 Å². The van der Waals surface area contributed by atoms with Gasteiger partial charge in [-0.2, -0.15) is 4.98 Å². The Morgan fingerprint density at radius 3 is 2.33 bits per heavy atom. The molecule has 164 valence electrons. The number of hydrogen-bond donors (Lipinski definition) is 2. The van der Waals surface area contributed by atoms with Crippen molar-refractivity contribution in [1.82, 2.24) is 15.3 Å². The lowest BCUT2D eigenvalue weighted by atomic mass is 9.91. The van der Waals surface area contributed by atoms with Crippen LogP contribution in [0.5, 0.6) is 0 Å². The third-order valence-corrected chi connectivity index (χ3v) is 5.16. The lowest BCUT2D eigenvalue weighted by Gasteiger charge is -2.30. The molecule has 6 nitrogen and oxygen atoms in total. The van der Waals surface area contributed by atoms with E-state index in [9.17, 15) is 13.6 Å². The van der Waals surface area contributed by atoms with Gasteiger partial charge in [-0.25, -0.2) is 13.8 Å². The molecule has 1 aromatic carbocycles. The van der Waals surface area contributed by atoms with Crippen LogP contribution in [-0.4, -0.2) is 42.1 Å². The normalized spacial score (nSPS) is 18.3. The second-order valence-electron chi connectivity index (χ2n) is 7.58. The van der Waals surface area contributed by atoms with Crippen molar-refractivity contribution < 1.29 is 13.6 Å². The van der Waals surface area contributed by atoms with Crippen LogP contribution in [0.15, 0.2) is 24.3 Å². The summed E-state index contributed by atoms with van der Waals surface area (Å²) < 4.78 is 26.4. The second-order valence-corrected chi connectivity index (χ2v) is 7.58. The molecule has 1 aliphatic carbocycles. The molecule has 0 bridgehead atoms. The number of carbonyl (C=O) groups excluding carboxylic acids is 1. The van der Waals surface area contributed by atoms with Gasteiger partial charge in [0, 0.05) is 43.5 Å². The molecule has 2 aromatic rings. The van der Waals surface area contributed by atoms with Gasteiger partial charge in [-0.05, 0) is 50.3 Å². The topological polar surface area (TPSA) is 70.2 Å². The highest BCUT2D eigenvalue weighted by Gasteiger charge is 2.24. The fraction of sp³-hybridized carbons (Fsp3) is 0.476. The summed E-state index contributed by atoms with van der Waals surface area (Å²) in [6, 6.07) is 5.41. The summed E-state index contributed by atoms with van der Waals surface area (Å²) >= 11 is 0. The molecular formula is C21H28ClF2N5O. The number of hydrogen-bond acceptors (Lipinski definition) is 5. The van der Waals surface area contributed by atoms with E-state index in [1.54, 1.807) is 0 Å². The zero-order valence-electron chi connectivity index (χ0n) is 17.4. The summed E-state index contributed by atoms with van der Waals surface area (Å²) in [5.74, 6) is -0.860. The van der Waals surface area contributed by atoms with E-state index in [4.69, 9.17) is 0 Å². The van der Waals surface area contributed by atoms with Crippen LogP contribution in [0.25, 0.3) is 0 Å². The highest BCUT2D eigenvalue weighted by molar-refractivity contribution is 5.94. The predicted octanol–water partition coefficient (Wildman–Crippen LogP) is 3.96. The molecule has 1 aromatic heterocycles. The van der Waals surface area contributed by atoms with E-state index in [1.165, 1.54) is 6.07 Å². The van der Waals surface area contributed by atoms with Gasteiger partial charge in [0.05, 0.1) is 0 Å². The van der Waals surface area contributed by atoms with E-state index in [-0.39, 0.29) is 36.0 Å². The standard InChI is InChI=1S/C21H27F2N5O.ClH/c1-4-14-12-19(28(2)3)27-21(25-14)26-16-8-6-15(7-9-16)24-20(29)13-5-10-17(22)18(23)11-13;/h5,10-12,15-16H,4,6-9H2,1-3H3,(H,24,29)(H,25,26,27);1H. The molecule has 0 atom stereocenters. The van der Waals surface area contributed by atoms with E-state index in [1.807, 2.05) is 25.1 Å². The number of halogens is 3. The molecule has 0 aliphatic heterocycles. The molecule has 0 saturated heterocycles. The van der Waals surface area contributed by atoms with Crippen LogP contribution in [-0.2, 0) is 6.42 Å². The molecule has 2 N–H and O–H groups in total. The number of aryl methyl sites for hydroxylation is 1. The van der Waals surface area contributed by atoms with Crippen LogP contribution >= 0.6 is 12.4 Å². The van der Waals surface area contributed by atoms with Crippen molar-refractivity contribution in [2.24, 2.45) is 0 Å². The molecule has 0 unspecified atom stereocenters. The van der Waals surface area contributed by atoms with Crippen LogP contribution in [0.1, 0.15) is 48.7 Å². The van der Waals surface area contributed by atoms with Gasteiger partial charge in [-0.1, -0.05) is 6.92 Å². The van der Waals surface area contributed by atoms with Crippen molar-refractivity contribution in [2.45, 2.75) is 51.1 Å². The first-order valence-corrected chi connectivity index (χ1v) is 9.93. The van der Waals surface area contributed by atoms with Crippen molar-refractivity contribution in [3.05, 3.63) is 47.2 Å². The third kappa shape index (κ3) is 6.01. The molecule has 1 saturated carbocycles. The minimum atomic E-state index is -1.02. The first-order valence-electron chi connectivity index (χ1n) is 9.93. The highest BCUT2D eigenvalue weighted by Crippen LogP contribution is 2.23. The van der Waals surface area contributed by atoms with Gasteiger partial charge in [0.25, 0.3) is 5.91 Å². The summed E-state index contributed by atoms with van der Waals surface area (Å²) in [7, 11) is 3.90. The molecule has 0 radical (unpaired) electrons. The maximum atomic E-state index is 13.3. The highest BCUT2D eigenvalue weighted by atomic mass is 35.5. The first-order chi connectivity index (χ1) is 13.9. The van der Waals surface area contributed by atoms with Crippen molar-refractivity contribution in [3.8, 4) is 0 Å². The Morgan fingerprint density at radius 2 is 1.73 bits per heavy atom. The third-order valence-electron chi connectivity index (χ3n) is 5.16. The van der Waals surface area contributed by atoms with Gasteiger partial charge >= 0.3 is 0 Å². The van der Waals surface area contributed by atoms with Crippen molar-refractivity contribution in [1.29, 1.82) is 0 Å². The minimum Gasteiger partial charge on any atom is -0.363 e. The average Bonchev–Trinajstić information content (AvgIpc) is 2.71. The molecule has 1 fully saturated rings. The zero-order chi connectivity index (χ0) is 21.0. The summed E-state index contributed by atoms with van der Waals surface area (Å²) in [6.45, 7) is 2.06. The van der Waals surface area contributed by atoms with E-state index in [2.05, 4.69) is 27.5 Å². The summed E-state index contributed by atoms with van der Waals surface area (Å²) in [4.78, 5) is 23.4. The number of anilines is 2. The van der Waals surface area contributed by atoms with Crippen LogP contribution < -0.4 is 15.5 Å². The number of benzene rings is 1. The Bertz CT molecular complexity index is 872. The van der Waals surface area contributed by atoms with Gasteiger partial charge in [-0.15, -0.1) is 12.4 Å². The fourth-order valence-corrected chi connectivity index (χ4v) is 3.43. The maximum absolute atomic E-state index is 13.3. The number of carbonyl (C=O) groups is 1. The van der Waals surface area contributed by atoms with E-state index >= 15 is 0 Å². The predicted molar refractivity (Wildman–Crippen MR) is 116 cm³/mol. The monoisotopic (exact) mass is 439 g/mol. The summed E-state index contributed by atoms with van der Waals surface area (Å²) in [5, 5.41) is 6.33. The van der Waals surface area contributed by atoms with E-state index < -0.39 is 11.6 Å². The largest absolute Gasteiger partial charge is 0.363 e.